The van der Waals surface area contributed by atoms with Gasteiger partial charge in [-0.2, -0.15) is 0 Å². The molecule has 0 fully saturated rings. The molecule has 2 aromatic carbocycles. The van der Waals surface area contributed by atoms with E-state index in [4.69, 9.17) is 21.4 Å². The third-order valence-corrected chi connectivity index (χ3v) is 5.74. The zero-order valence-corrected chi connectivity index (χ0v) is 18.8. The summed E-state index contributed by atoms with van der Waals surface area (Å²) in [6.07, 6.45) is 2.30. The van der Waals surface area contributed by atoms with Gasteiger partial charge in [-0.05, 0) is 35.9 Å². The van der Waals surface area contributed by atoms with Crippen LogP contribution in [0.15, 0.2) is 60.3 Å². The Hall–Kier alpha value is -3.30. The molecule has 0 saturated carbocycles. The number of ether oxygens (including phenoxy) is 1. The van der Waals surface area contributed by atoms with Gasteiger partial charge in [0.05, 0.1) is 29.1 Å². The van der Waals surface area contributed by atoms with Gasteiger partial charge in [-0.15, -0.1) is 16.8 Å². The number of amides is 1. The fourth-order valence-corrected chi connectivity index (χ4v) is 3.80. The normalized spacial score (nSPS) is 10.6. The highest BCUT2D eigenvalue weighted by Crippen LogP contribution is 2.25. The number of anilines is 1. The molecule has 3 rings (SSSR count). The fourth-order valence-electron chi connectivity index (χ4n) is 2.87. The topological polar surface area (TPSA) is 106 Å². The second-order valence-electron chi connectivity index (χ2n) is 6.66. The van der Waals surface area contributed by atoms with Crippen molar-refractivity contribution in [3.8, 4) is 5.75 Å². The summed E-state index contributed by atoms with van der Waals surface area (Å²) >= 11 is 7.29. The summed E-state index contributed by atoms with van der Waals surface area (Å²) in [5.74, 6) is 0.122. The number of aromatic carboxylic acids is 1. The van der Waals surface area contributed by atoms with Gasteiger partial charge < -0.3 is 19.7 Å². The lowest BCUT2D eigenvalue weighted by molar-refractivity contribution is -0.113. The number of hydrogen-bond donors (Lipinski definition) is 2. The van der Waals surface area contributed by atoms with Crippen molar-refractivity contribution in [1.29, 1.82) is 0 Å². The molecule has 0 saturated heterocycles. The minimum absolute atomic E-state index is 0.0336. The van der Waals surface area contributed by atoms with Crippen molar-refractivity contribution in [2.75, 3.05) is 18.2 Å². The molecule has 0 aliphatic carbocycles. The van der Waals surface area contributed by atoms with E-state index < -0.39 is 5.97 Å². The third-order valence-electron chi connectivity index (χ3n) is 4.45. The maximum atomic E-state index is 12.4. The molecule has 1 heterocycles. The number of carbonyl (C=O) groups is 2. The number of rotatable bonds is 10. The van der Waals surface area contributed by atoms with Crippen molar-refractivity contribution in [2.24, 2.45) is 0 Å². The molecule has 2 N–H and O–H groups in total. The monoisotopic (exact) mass is 472 g/mol. The SMILES string of the molecule is C=CCn1c(Cc2ccc(OC)cc2)nnc1SCC(=O)Nc1cc(C(=O)O)ccc1Cl. The van der Waals surface area contributed by atoms with Gasteiger partial charge in [0.1, 0.15) is 11.6 Å². The summed E-state index contributed by atoms with van der Waals surface area (Å²) in [6, 6.07) is 11.8. The van der Waals surface area contributed by atoms with Crippen LogP contribution in [-0.2, 0) is 17.8 Å². The van der Waals surface area contributed by atoms with Crippen LogP contribution in [0.2, 0.25) is 5.02 Å². The van der Waals surface area contributed by atoms with Crippen LogP contribution in [0.25, 0.3) is 0 Å². The summed E-state index contributed by atoms with van der Waals surface area (Å²) in [6.45, 7) is 4.28. The Kier molecular flexibility index (Phi) is 7.91. The highest BCUT2D eigenvalue weighted by Gasteiger charge is 2.15. The van der Waals surface area contributed by atoms with Crippen LogP contribution in [-0.4, -0.2) is 44.6 Å². The average Bonchev–Trinajstić information content (AvgIpc) is 3.15. The van der Waals surface area contributed by atoms with Gasteiger partial charge in [-0.3, -0.25) is 4.79 Å². The lowest BCUT2D eigenvalue weighted by Crippen LogP contribution is -2.15. The van der Waals surface area contributed by atoms with Gasteiger partial charge in [-0.1, -0.05) is 41.6 Å². The van der Waals surface area contributed by atoms with Crippen molar-refractivity contribution < 1.29 is 19.4 Å². The number of aromatic nitrogens is 3. The summed E-state index contributed by atoms with van der Waals surface area (Å²) in [7, 11) is 1.62. The minimum atomic E-state index is -1.10. The van der Waals surface area contributed by atoms with Crippen LogP contribution in [0.4, 0.5) is 5.69 Å². The highest BCUT2D eigenvalue weighted by molar-refractivity contribution is 7.99. The number of nitrogens with zero attached hydrogens (tertiary/aromatic N) is 3. The van der Waals surface area contributed by atoms with Gasteiger partial charge >= 0.3 is 5.97 Å². The summed E-state index contributed by atoms with van der Waals surface area (Å²) in [4.78, 5) is 23.6. The van der Waals surface area contributed by atoms with Gasteiger partial charge in [-0.25, -0.2) is 4.79 Å². The number of benzene rings is 2. The van der Waals surface area contributed by atoms with Gasteiger partial charge in [0, 0.05) is 13.0 Å². The minimum Gasteiger partial charge on any atom is -0.497 e. The maximum Gasteiger partial charge on any atom is 0.335 e. The number of carboxylic acids is 1. The summed E-state index contributed by atoms with van der Waals surface area (Å²) in [5.41, 5.74) is 1.32. The Labute approximate surface area is 194 Å². The lowest BCUT2D eigenvalue weighted by atomic mass is 10.1. The van der Waals surface area contributed by atoms with E-state index in [1.807, 2.05) is 28.8 Å². The Bertz CT molecular complexity index is 1130. The quantitative estimate of drug-likeness (QED) is 0.337. The molecular formula is C22H21ClN4O4S. The van der Waals surface area contributed by atoms with E-state index in [9.17, 15) is 9.59 Å². The van der Waals surface area contributed by atoms with E-state index in [1.54, 1.807) is 13.2 Å². The second kappa shape index (κ2) is 10.8. The zero-order valence-electron chi connectivity index (χ0n) is 17.2. The number of carboxylic acid groups (broad SMARTS) is 1. The van der Waals surface area contributed by atoms with Crippen LogP contribution in [0.3, 0.4) is 0 Å². The number of methoxy groups -OCH3 is 1. The molecule has 0 unspecified atom stereocenters. The number of carbonyl (C=O) groups excluding carboxylic acids is 1. The molecule has 0 radical (unpaired) electrons. The van der Waals surface area contributed by atoms with Crippen molar-refractivity contribution in [3.63, 3.8) is 0 Å². The molecule has 3 aromatic rings. The molecule has 166 valence electrons. The van der Waals surface area contributed by atoms with Crippen LogP contribution in [0.1, 0.15) is 21.7 Å². The largest absolute Gasteiger partial charge is 0.497 e. The molecule has 1 aromatic heterocycles. The van der Waals surface area contributed by atoms with E-state index >= 15 is 0 Å². The van der Waals surface area contributed by atoms with Gasteiger partial charge in [0.25, 0.3) is 0 Å². The standard InChI is InChI=1S/C22H21ClN4O4S/c1-3-10-27-19(11-14-4-7-16(31-2)8-5-14)25-26-22(27)32-13-20(28)24-18-12-15(21(29)30)6-9-17(18)23/h3-9,12H,1,10-11,13H2,2H3,(H,24,28)(H,29,30). The molecule has 0 aliphatic rings. The zero-order chi connectivity index (χ0) is 23.1. The number of nitrogens with one attached hydrogen (secondary N) is 1. The molecule has 8 nitrogen and oxygen atoms in total. The van der Waals surface area contributed by atoms with Crippen LogP contribution >= 0.6 is 23.4 Å². The molecular weight excluding hydrogens is 452 g/mol. The number of allylic oxidation sites excluding steroid dienone is 1. The predicted octanol–water partition coefficient (Wildman–Crippen LogP) is 4.15. The van der Waals surface area contributed by atoms with Crippen LogP contribution in [0.5, 0.6) is 5.75 Å². The molecule has 0 spiro atoms. The van der Waals surface area contributed by atoms with Gasteiger partial charge in [0.15, 0.2) is 5.16 Å². The average molecular weight is 473 g/mol. The molecule has 10 heteroatoms. The van der Waals surface area contributed by atoms with E-state index in [0.29, 0.717) is 18.1 Å². The first-order chi connectivity index (χ1) is 15.4. The first-order valence-electron chi connectivity index (χ1n) is 9.52. The highest BCUT2D eigenvalue weighted by atomic mass is 35.5. The Balaban J connectivity index is 1.68. The van der Waals surface area contributed by atoms with Gasteiger partial charge in [0.2, 0.25) is 5.91 Å². The van der Waals surface area contributed by atoms with Crippen LogP contribution in [0, 0.1) is 0 Å². The second-order valence-corrected chi connectivity index (χ2v) is 8.01. The molecule has 1 amide bonds. The first kappa shape index (κ1) is 23.4. The molecule has 0 aliphatic heterocycles. The number of thioether (sulfide) groups is 1. The maximum absolute atomic E-state index is 12.4. The van der Waals surface area contributed by atoms with Crippen molar-refractivity contribution in [1.82, 2.24) is 14.8 Å². The number of halogens is 1. The van der Waals surface area contributed by atoms with E-state index in [-0.39, 0.29) is 27.9 Å². The fraction of sp³-hybridized carbons (Fsp3) is 0.182. The van der Waals surface area contributed by atoms with E-state index in [1.165, 1.54) is 30.0 Å². The molecule has 32 heavy (non-hydrogen) atoms. The number of hydrogen-bond acceptors (Lipinski definition) is 6. The lowest BCUT2D eigenvalue weighted by Gasteiger charge is -2.10. The molecule has 0 atom stereocenters. The third kappa shape index (κ3) is 5.89. The summed E-state index contributed by atoms with van der Waals surface area (Å²) < 4.78 is 7.08. The van der Waals surface area contributed by atoms with Crippen molar-refractivity contribution >= 4 is 40.9 Å². The first-order valence-corrected chi connectivity index (χ1v) is 10.9. The summed E-state index contributed by atoms with van der Waals surface area (Å²) in [5, 5.41) is 21.1. The smallest absolute Gasteiger partial charge is 0.335 e. The van der Waals surface area contributed by atoms with Crippen molar-refractivity contribution in [3.05, 3.63) is 77.1 Å². The van der Waals surface area contributed by atoms with Crippen LogP contribution < -0.4 is 10.1 Å². The Morgan fingerprint density at radius 2 is 2.00 bits per heavy atom. The van der Waals surface area contributed by atoms with E-state index in [0.717, 1.165) is 17.1 Å². The van der Waals surface area contributed by atoms with Crippen molar-refractivity contribution in [2.45, 2.75) is 18.1 Å². The predicted molar refractivity (Wildman–Crippen MR) is 124 cm³/mol. The van der Waals surface area contributed by atoms with E-state index in [2.05, 4.69) is 22.1 Å². The molecule has 0 bridgehead atoms. The Morgan fingerprint density at radius 1 is 1.25 bits per heavy atom. The Morgan fingerprint density at radius 3 is 2.66 bits per heavy atom.